The van der Waals surface area contributed by atoms with Crippen molar-refractivity contribution < 1.29 is 14.6 Å². The summed E-state index contributed by atoms with van der Waals surface area (Å²) in [6, 6.07) is 6.93. The largest absolute Gasteiger partial charge is 0.497 e. The van der Waals surface area contributed by atoms with Gasteiger partial charge in [0, 0.05) is 5.56 Å². The fraction of sp³-hybridized carbons (Fsp3) is 0.533. The highest BCUT2D eigenvalue weighted by atomic mass is 16.5. The molecule has 98 valence electrons. The number of ether oxygens (including phenoxy) is 1. The Labute approximate surface area is 108 Å². The highest BCUT2D eigenvalue weighted by molar-refractivity contribution is 5.99. The Bertz CT molecular complexity index is 391. The molecule has 1 aliphatic rings. The first kappa shape index (κ1) is 13.1. The first-order chi connectivity index (χ1) is 8.72. The van der Waals surface area contributed by atoms with E-state index in [0.717, 1.165) is 31.4 Å². The van der Waals surface area contributed by atoms with Crippen LogP contribution in [0.5, 0.6) is 5.75 Å². The molecule has 0 spiro atoms. The number of aliphatic hydroxyl groups is 1. The molecule has 0 bridgehead atoms. The van der Waals surface area contributed by atoms with Crippen molar-refractivity contribution in [2.75, 3.05) is 7.11 Å². The van der Waals surface area contributed by atoms with Crippen LogP contribution in [0.15, 0.2) is 24.3 Å². The lowest BCUT2D eigenvalue weighted by molar-refractivity contribution is 0.0534. The molecule has 0 aromatic heterocycles. The number of carbonyl (C=O) groups excluding carboxylic acids is 1. The number of hydrogen-bond acceptors (Lipinski definition) is 3. The monoisotopic (exact) mass is 248 g/mol. The smallest absolute Gasteiger partial charge is 0.191 e. The van der Waals surface area contributed by atoms with E-state index in [1.54, 1.807) is 31.4 Å². The number of Topliss-reactive ketones (excluding diaryl/α,β-unsaturated/α-hetero) is 1. The normalized spacial score (nSPS) is 18.3. The fourth-order valence-electron chi connectivity index (χ4n) is 2.59. The summed E-state index contributed by atoms with van der Waals surface area (Å²) in [6.07, 6.45) is 4.54. The molecule has 0 aliphatic heterocycles. The van der Waals surface area contributed by atoms with Crippen molar-refractivity contribution >= 4 is 5.78 Å². The number of hydrogen-bond donors (Lipinski definition) is 1. The molecule has 3 nitrogen and oxygen atoms in total. The van der Waals surface area contributed by atoms with Crippen LogP contribution in [0.3, 0.4) is 0 Å². The van der Waals surface area contributed by atoms with Gasteiger partial charge in [0.15, 0.2) is 5.78 Å². The second-order valence-electron chi connectivity index (χ2n) is 4.94. The number of methoxy groups -OCH3 is 1. The molecule has 1 saturated carbocycles. The summed E-state index contributed by atoms with van der Waals surface area (Å²) >= 11 is 0. The van der Waals surface area contributed by atoms with Gasteiger partial charge in [-0.15, -0.1) is 0 Å². The van der Waals surface area contributed by atoms with E-state index in [0.29, 0.717) is 5.56 Å². The predicted octanol–water partition coefficient (Wildman–Crippen LogP) is 2.82. The third-order valence-corrected chi connectivity index (χ3v) is 3.74. The highest BCUT2D eigenvalue weighted by Crippen LogP contribution is 2.28. The molecule has 1 fully saturated rings. The van der Waals surface area contributed by atoms with E-state index in [1.807, 2.05) is 0 Å². The Hall–Kier alpha value is -1.35. The van der Waals surface area contributed by atoms with Gasteiger partial charge in [0.1, 0.15) is 11.9 Å². The van der Waals surface area contributed by atoms with Gasteiger partial charge in [-0.2, -0.15) is 0 Å². The minimum atomic E-state index is -0.848. The summed E-state index contributed by atoms with van der Waals surface area (Å²) < 4.78 is 5.05. The van der Waals surface area contributed by atoms with E-state index in [2.05, 4.69) is 0 Å². The van der Waals surface area contributed by atoms with Crippen LogP contribution in [-0.4, -0.2) is 24.1 Å². The van der Waals surface area contributed by atoms with Crippen molar-refractivity contribution in [3.8, 4) is 5.75 Å². The standard InChI is InChI=1S/C15H20O3/c1-18-13-9-7-12(8-10-13)15(17)14(16)11-5-3-2-4-6-11/h7-11,14,16H,2-6H2,1H3. The van der Waals surface area contributed by atoms with Gasteiger partial charge >= 0.3 is 0 Å². The number of benzene rings is 1. The maximum absolute atomic E-state index is 12.2. The molecule has 0 radical (unpaired) electrons. The molecule has 1 aromatic rings. The maximum Gasteiger partial charge on any atom is 0.191 e. The minimum absolute atomic E-state index is 0.133. The number of aliphatic hydroxyl groups excluding tert-OH is 1. The Balaban J connectivity index is 2.04. The Kier molecular flexibility index (Phi) is 4.37. The van der Waals surface area contributed by atoms with Crippen molar-refractivity contribution in [3.63, 3.8) is 0 Å². The Morgan fingerprint density at radius 3 is 2.39 bits per heavy atom. The number of carbonyl (C=O) groups is 1. The summed E-state index contributed by atoms with van der Waals surface area (Å²) in [6.45, 7) is 0. The van der Waals surface area contributed by atoms with Gasteiger partial charge < -0.3 is 9.84 Å². The van der Waals surface area contributed by atoms with Crippen LogP contribution < -0.4 is 4.74 Å². The minimum Gasteiger partial charge on any atom is -0.497 e. The van der Waals surface area contributed by atoms with Crippen molar-refractivity contribution in [1.82, 2.24) is 0 Å². The molecule has 1 unspecified atom stereocenters. The zero-order valence-corrected chi connectivity index (χ0v) is 10.8. The van der Waals surface area contributed by atoms with Gasteiger partial charge in [-0.1, -0.05) is 19.3 Å². The number of rotatable bonds is 4. The third kappa shape index (κ3) is 2.91. The SMILES string of the molecule is COc1ccc(C(=O)C(O)C2CCCCC2)cc1. The van der Waals surface area contributed by atoms with Crippen molar-refractivity contribution in [2.45, 2.75) is 38.2 Å². The Morgan fingerprint density at radius 1 is 1.22 bits per heavy atom. The van der Waals surface area contributed by atoms with E-state index in [9.17, 15) is 9.90 Å². The highest BCUT2D eigenvalue weighted by Gasteiger charge is 2.28. The lowest BCUT2D eigenvalue weighted by Crippen LogP contribution is -2.31. The lowest BCUT2D eigenvalue weighted by atomic mass is 9.82. The summed E-state index contributed by atoms with van der Waals surface area (Å²) in [7, 11) is 1.59. The van der Waals surface area contributed by atoms with Gasteiger partial charge in [0.25, 0.3) is 0 Å². The summed E-state index contributed by atoms with van der Waals surface area (Å²) in [5.41, 5.74) is 0.564. The molecule has 1 aliphatic carbocycles. The molecule has 2 rings (SSSR count). The maximum atomic E-state index is 12.2. The van der Waals surface area contributed by atoms with Crippen molar-refractivity contribution in [1.29, 1.82) is 0 Å². The second kappa shape index (κ2) is 6.01. The van der Waals surface area contributed by atoms with Gasteiger partial charge in [0.05, 0.1) is 7.11 Å². The molecule has 1 atom stereocenters. The van der Waals surface area contributed by atoms with Gasteiger partial charge in [-0.05, 0) is 43.0 Å². The summed E-state index contributed by atoms with van der Waals surface area (Å²) in [4.78, 5) is 12.2. The topological polar surface area (TPSA) is 46.5 Å². The van der Waals surface area contributed by atoms with Gasteiger partial charge in [-0.25, -0.2) is 0 Å². The quantitative estimate of drug-likeness (QED) is 0.833. The molecule has 1 N–H and O–H groups in total. The van der Waals surface area contributed by atoms with E-state index in [4.69, 9.17) is 4.74 Å². The second-order valence-corrected chi connectivity index (χ2v) is 4.94. The van der Waals surface area contributed by atoms with Crippen LogP contribution in [0.25, 0.3) is 0 Å². The lowest BCUT2D eigenvalue weighted by Gasteiger charge is -2.25. The zero-order valence-electron chi connectivity index (χ0n) is 10.8. The van der Waals surface area contributed by atoms with Crippen LogP contribution in [0, 0.1) is 5.92 Å². The zero-order chi connectivity index (χ0) is 13.0. The number of ketones is 1. The van der Waals surface area contributed by atoms with Gasteiger partial charge in [-0.3, -0.25) is 4.79 Å². The molecule has 0 amide bonds. The predicted molar refractivity (Wildman–Crippen MR) is 69.9 cm³/mol. The van der Waals surface area contributed by atoms with E-state index in [1.165, 1.54) is 6.42 Å². The molecule has 1 aromatic carbocycles. The van der Waals surface area contributed by atoms with Crippen LogP contribution in [-0.2, 0) is 0 Å². The van der Waals surface area contributed by atoms with Gasteiger partial charge in [0.2, 0.25) is 0 Å². The van der Waals surface area contributed by atoms with Crippen LogP contribution in [0.2, 0.25) is 0 Å². The molecule has 3 heteroatoms. The third-order valence-electron chi connectivity index (χ3n) is 3.74. The average molecular weight is 248 g/mol. The van der Waals surface area contributed by atoms with Crippen LogP contribution >= 0.6 is 0 Å². The van der Waals surface area contributed by atoms with Crippen molar-refractivity contribution in [2.24, 2.45) is 5.92 Å². The summed E-state index contributed by atoms with van der Waals surface area (Å²) in [5, 5.41) is 10.1. The molecule has 18 heavy (non-hydrogen) atoms. The first-order valence-corrected chi connectivity index (χ1v) is 6.58. The first-order valence-electron chi connectivity index (χ1n) is 6.58. The molecular formula is C15H20O3. The van der Waals surface area contributed by atoms with Crippen LogP contribution in [0.1, 0.15) is 42.5 Å². The summed E-state index contributed by atoms with van der Waals surface area (Å²) in [5.74, 6) is 0.691. The molecule has 0 heterocycles. The van der Waals surface area contributed by atoms with E-state index in [-0.39, 0.29) is 11.7 Å². The van der Waals surface area contributed by atoms with Crippen molar-refractivity contribution in [3.05, 3.63) is 29.8 Å². The fourth-order valence-corrected chi connectivity index (χ4v) is 2.59. The Morgan fingerprint density at radius 2 is 1.83 bits per heavy atom. The van der Waals surface area contributed by atoms with E-state index >= 15 is 0 Å². The average Bonchev–Trinajstić information content (AvgIpc) is 2.47. The molecule has 0 saturated heterocycles. The molecular weight excluding hydrogens is 228 g/mol. The van der Waals surface area contributed by atoms with E-state index < -0.39 is 6.10 Å². The van der Waals surface area contributed by atoms with Crippen LogP contribution in [0.4, 0.5) is 0 Å².